The number of hydrogen-bond acceptors (Lipinski definition) is 6. The maximum Gasteiger partial charge on any atom is 0.417 e. The van der Waals surface area contributed by atoms with Crippen LogP contribution in [0.3, 0.4) is 0 Å². The lowest BCUT2D eigenvalue weighted by Crippen LogP contribution is -2.57. The number of nitrogens with zero attached hydrogens (tertiary/aromatic N) is 2. The summed E-state index contributed by atoms with van der Waals surface area (Å²) < 4.78 is 39.4. The molecule has 5 rings (SSSR count). The van der Waals surface area contributed by atoms with Gasteiger partial charge in [0.05, 0.1) is 17.7 Å². The molecule has 0 aliphatic carbocycles. The molecule has 0 saturated carbocycles. The van der Waals surface area contributed by atoms with Gasteiger partial charge in [0.25, 0.3) is 0 Å². The highest BCUT2D eigenvalue weighted by atomic mass is 35.5. The summed E-state index contributed by atoms with van der Waals surface area (Å²) in [7, 11) is 0. The SMILES string of the molecule is O=C1[C@H](SC[C@H](O)c2ccc(Cl)cc2)[C@@H](c2ccc(O)cc2O)N1c1ccc(-c2cncc(C(F)(F)F)c2)cc1. The average Bonchev–Trinajstić information content (AvgIpc) is 2.92. The number of amides is 1. The molecule has 0 radical (unpaired) electrons. The number of phenolic OH excluding ortho intramolecular Hbond substituents is 2. The summed E-state index contributed by atoms with van der Waals surface area (Å²) in [5.41, 5.74) is 1.41. The standard InChI is InChI=1S/C29H22ClF3N2O4S/c30-20-5-1-17(2-6-20)25(38)15-40-27-26(23-10-9-22(36)12-24(23)37)35(28(27)39)21-7-3-16(4-8-21)18-11-19(14-34-13-18)29(31,32)33/h1-14,25-27,36-38H,15H2/t25-,26+,27+/m0/s1. The van der Waals surface area contributed by atoms with E-state index < -0.39 is 29.1 Å². The Kier molecular flexibility index (Phi) is 7.67. The van der Waals surface area contributed by atoms with Gasteiger partial charge in [-0.2, -0.15) is 13.2 Å². The van der Waals surface area contributed by atoms with Gasteiger partial charge in [-0.25, -0.2) is 0 Å². The average molecular weight is 587 g/mol. The maximum absolute atomic E-state index is 13.4. The summed E-state index contributed by atoms with van der Waals surface area (Å²) in [5.74, 6) is -0.403. The molecule has 4 aromatic rings. The smallest absolute Gasteiger partial charge is 0.417 e. The van der Waals surface area contributed by atoms with Crippen LogP contribution >= 0.6 is 23.4 Å². The van der Waals surface area contributed by atoms with Crippen molar-refractivity contribution in [3.05, 3.63) is 107 Å². The van der Waals surface area contributed by atoms with Crippen LogP contribution in [0.5, 0.6) is 11.5 Å². The number of aliphatic hydroxyl groups is 1. The van der Waals surface area contributed by atoms with Crippen molar-refractivity contribution in [2.45, 2.75) is 23.6 Å². The van der Waals surface area contributed by atoms with Crippen LogP contribution in [0.1, 0.15) is 28.8 Å². The number of alkyl halides is 3. The minimum atomic E-state index is -4.53. The number of aliphatic hydroxyl groups excluding tert-OH is 1. The number of benzene rings is 3. The van der Waals surface area contributed by atoms with E-state index in [4.69, 9.17) is 11.6 Å². The lowest BCUT2D eigenvalue weighted by Gasteiger charge is -2.47. The van der Waals surface area contributed by atoms with Gasteiger partial charge in [0.2, 0.25) is 5.91 Å². The minimum absolute atomic E-state index is 0.139. The topological polar surface area (TPSA) is 93.9 Å². The number of phenols is 2. The first-order chi connectivity index (χ1) is 19.0. The number of thioether (sulfide) groups is 1. The largest absolute Gasteiger partial charge is 0.508 e. The molecule has 0 bridgehead atoms. The zero-order valence-electron chi connectivity index (χ0n) is 20.6. The van der Waals surface area contributed by atoms with Crippen LogP contribution in [0.4, 0.5) is 18.9 Å². The molecule has 1 aliphatic heterocycles. The number of anilines is 1. The van der Waals surface area contributed by atoms with Gasteiger partial charge in [-0.3, -0.25) is 9.78 Å². The highest BCUT2D eigenvalue weighted by Crippen LogP contribution is 2.49. The van der Waals surface area contributed by atoms with Crippen LogP contribution in [0.25, 0.3) is 11.1 Å². The van der Waals surface area contributed by atoms with Crippen molar-refractivity contribution in [3.8, 4) is 22.6 Å². The second kappa shape index (κ2) is 11.0. The number of aromatic hydroxyl groups is 2. The summed E-state index contributed by atoms with van der Waals surface area (Å²) in [4.78, 5) is 18.5. The Balaban J connectivity index is 1.40. The van der Waals surface area contributed by atoms with Crippen LogP contribution < -0.4 is 4.90 Å². The molecule has 206 valence electrons. The van der Waals surface area contributed by atoms with E-state index in [1.165, 1.54) is 41.1 Å². The Bertz CT molecular complexity index is 1530. The van der Waals surface area contributed by atoms with Crippen molar-refractivity contribution < 1.29 is 33.3 Å². The monoisotopic (exact) mass is 586 g/mol. The summed E-state index contributed by atoms with van der Waals surface area (Å²) >= 11 is 7.16. The first-order valence-electron chi connectivity index (χ1n) is 12.1. The minimum Gasteiger partial charge on any atom is -0.508 e. The second-order valence-electron chi connectivity index (χ2n) is 9.22. The van der Waals surface area contributed by atoms with Crippen LogP contribution in [0, 0.1) is 0 Å². The molecule has 3 aromatic carbocycles. The van der Waals surface area contributed by atoms with Crippen LogP contribution in [0.15, 0.2) is 85.2 Å². The maximum atomic E-state index is 13.4. The summed E-state index contributed by atoms with van der Waals surface area (Å²) in [6, 6.07) is 17.6. The van der Waals surface area contributed by atoms with Crippen molar-refractivity contribution in [1.82, 2.24) is 4.98 Å². The van der Waals surface area contributed by atoms with E-state index in [1.807, 2.05) is 0 Å². The molecule has 3 N–H and O–H groups in total. The predicted octanol–water partition coefficient (Wildman–Crippen LogP) is 6.76. The Morgan fingerprint density at radius 2 is 1.65 bits per heavy atom. The zero-order chi connectivity index (χ0) is 28.6. The summed E-state index contributed by atoms with van der Waals surface area (Å²) in [6.45, 7) is 0. The molecule has 3 atom stereocenters. The quantitative estimate of drug-likeness (QED) is 0.207. The number of β-lactam (4-membered cyclic amide) rings is 1. The zero-order valence-corrected chi connectivity index (χ0v) is 22.2. The third-order valence-corrected chi connectivity index (χ3v) is 8.19. The molecule has 1 aliphatic rings. The van der Waals surface area contributed by atoms with E-state index in [0.29, 0.717) is 27.4 Å². The van der Waals surface area contributed by atoms with E-state index in [9.17, 15) is 33.3 Å². The van der Waals surface area contributed by atoms with E-state index in [-0.39, 0.29) is 28.7 Å². The van der Waals surface area contributed by atoms with Crippen molar-refractivity contribution >= 4 is 35.0 Å². The molecule has 1 aromatic heterocycles. The molecular weight excluding hydrogens is 565 g/mol. The molecule has 2 heterocycles. The third kappa shape index (κ3) is 5.60. The van der Waals surface area contributed by atoms with E-state index in [0.717, 1.165) is 12.3 Å². The van der Waals surface area contributed by atoms with Gasteiger partial charge < -0.3 is 20.2 Å². The van der Waals surface area contributed by atoms with Gasteiger partial charge in [-0.15, -0.1) is 11.8 Å². The van der Waals surface area contributed by atoms with Crippen molar-refractivity contribution in [2.75, 3.05) is 10.7 Å². The van der Waals surface area contributed by atoms with Gasteiger partial charge in [0.15, 0.2) is 0 Å². The van der Waals surface area contributed by atoms with Gasteiger partial charge in [0.1, 0.15) is 16.7 Å². The molecule has 1 saturated heterocycles. The van der Waals surface area contributed by atoms with Crippen LogP contribution in [-0.4, -0.2) is 37.2 Å². The first kappa shape index (κ1) is 27.8. The molecular formula is C29H22ClF3N2O4S. The first-order valence-corrected chi connectivity index (χ1v) is 13.5. The second-order valence-corrected chi connectivity index (χ2v) is 10.8. The fourth-order valence-corrected chi connectivity index (χ4v) is 5.96. The van der Waals surface area contributed by atoms with Crippen LogP contribution in [-0.2, 0) is 11.0 Å². The molecule has 0 unspecified atom stereocenters. The van der Waals surface area contributed by atoms with E-state index in [1.54, 1.807) is 48.5 Å². The number of halogens is 4. The normalized spacial score (nSPS) is 17.9. The number of hydrogen-bond donors (Lipinski definition) is 3. The van der Waals surface area contributed by atoms with Crippen molar-refractivity contribution in [1.29, 1.82) is 0 Å². The van der Waals surface area contributed by atoms with Gasteiger partial charge in [-0.05, 0) is 53.6 Å². The fourth-order valence-electron chi connectivity index (χ4n) is 4.54. The number of aromatic nitrogens is 1. The lowest BCUT2D eigenvalue weighted by molar-refractivity contribution is -0.137. The summed E-state index contributed by atoms with van der Waals surface area (Å²) in [5, 5.41) is 30.9. The Hall–Kier alpha value is -3.73. The number of pyridine rings is 1. The fraction of sp³-hybridized carbons (Fsp3) is 0.172. The predicted molar refractivity (Wildman–Crippen MR) is 147 cm³/mol. The highest BCUT2D eigenvalue weighted by Gasteiger charge is 2.50. The van der Waals surface area contributed by atoms with E-state index >= 15 is 0 Å². The van der Waals surface area contributed by atoms with Gasteiger partial charge in [-0.1, -0.05) is 35.9 Å². The number of rotatable bonds is 7. The van der Waals surface area contributed by atoms with Crippen molar-refractivity contribution in [2.24, 2.45) is 0 Å². The lowest BCUT2D eigenvalue weighted by atomic mass is 9.91. The number of carbonyl (C=O) groups excluding carboxylic acids is 1. The molecule has 11 heteroatoms. The van der Waals surface area contributed by atoms with Gasteiger partial charge in [0, 0.05) is 46.0 Å². The molecule has 6 nitrogen and oxygen atoms in total. The molecule has 40 heavy (non-hydrogen) atoms. The molecule has 1 fully saturated rings. The Morgan fingerprint density at radius 1 is 0.950 bits per heavy atom. The Morgan fingerprint density at radius 3 is 2.30 bits per heavy atom. The third-order valence-electron chi connectivity index (χ3n) is 6.61. The Labute approximate surface area is 236 Å². The summed E-state index contributed by atoms with van der Waals surface area (Å²) in [6.07, 6.45) is -3.30. The molecule has 0 spiro atoms. The van der Waals surface area contributed by atoms with E-state index in [2.05, 4.69) is 4.98 Å². The van der Waals surface area contributed by atoms with Crippen molar-refractivity contribution in [3.63, 3.8) is 0 Å². The number of carbonyl (C=O) groups is 1. The van der Waals surface area contributed by atoms with Gasteiger partial charge >= 0.3 is 6.18 Å². The molecule has 1 amide bonds. The highest BCUT2D eigenvalue weighted by molar-refractivity contribution is 8.00. The van der Waals surface area contributed by atoms with Crippen LogP contribution in [0.2, 0.25) is 5.02 Å².